The normalized spacial score (nSPS) is 9.13. The molecule has 0 aliphatic heterocycles. The monoisotopic (exact) mass is 213 g/mol. The number of hydrogen-bond acceptors (Lipinski definition) is 0. The molecule has 0 bridgehead atoms. The molecule has 0 nitrogen and oxygen atoms in total. The van der Waals surface area contributed by atoms with Gasteiger partial charge in [-0.2, -0.15) is 0 Å². The van der Waals surface area contributed by atoms with Crippen LogP contribution >= 0.6 is 11.6 Å². The van der Waals surface area contributed by atoms with Crippen LogP contribution in [0.3, 0.4) is 0 Å². The van der Waals surface area contributed by atoms with Gasteiger partial charge in [-0.15, -0.1) is 0 Å². The van der Waals surface area contributed by atoms with Gasteiger partial charge in [-0.05, 0) is 36.4 Å². The van der Waals surface area contributed by atoms with E-state index in [1.54, 1.807) is 0 Å². The van der Waals surface area contributed by atoms with Crippen LogP contribution in [-0.4, -0.2) is 0 Å². The lowest BCUT2D eigenvalue weighted by Gasteiger charge is -1.90. The highest BCUT2D eigenvalue weighted by Gasteiger charge is 1.87. The van der Waals surface area contributed by atoms with E-state index in [4.69, 9.17) is 11.6 Å². The van der Waals surface area contributed by atoms with Gasteiger partial charge in [0, 0.05) is 16.1 Å². The smallest absolute Gasteiger partial charge is 0.0406 e. The van der Waals surface area contributed by atoms with E-state index in [2.05, 4.69) is 11.8 Å². The van der Waals surface area contributed by atoms with E-state index in [0.717, 1.165) is 16.1 Å². The maximum Gasteiger partial charge on any atom is 0.0406 e. The lowest BCUT2D eigenvalue weighted by atomic mass is 10.2. The summed E-state index contributed by atoms with van der Waals surface area (Å²) in [6, 6.07) is 17.4. The molecule has 0 saturated heterocycles. The minimum atomic E-state index is 0.736. The third kappa shape index (κ3) is 2.87. The Hall–Kier alpha value is -1.71. The van der Waals surface area contributed by atoms with E-state index >= 15 is 0 Å². The van der Waals surface area contributed by atoms with Crippen LogP contribution in [0.4, 0.5) is 0 Å². The number of halogens is 1. The van der Waals surface area contributed by atoms with Gasteiger partial charge in [-0.1, -0.05) is 41.6 Å². The maximum atomic E-state index is 5.78. The van der Waals surface area contributed by atoms with Crippen molar-refractivity contribution in [3.63, 3.8) is 0 Å². The summed E-state index contributed by atoms with van der Waals surface area (Å²) in [5.41, 5.74) is 2.00. The van der Waals surface area contributed by atoms with E-state index < -0.39 is 0 Å². The number of hydrogen-bond donors (Lipinski definition) is 0. The number of benzene rings is 2. The van der Waals surface area contributed by atoms with Crippen molar-refractivity contribution in [1.82, 2.24) is 0 Å². The molecule has 2 aromatic carbocycles. The van der Waals surface area contributed by atoms with Crippen LogP contribution in [0.25, 0.3) is 0 Å². The summed E-state index contributed by atoms with van der Waals surface area (Å²) in [7, 11) is 0. The van der Waals surface area contributed by atoms with Gasteiger partial charge in [0.1, 0.15) is 0 Å². The van der Waals surface area contributed by atoms with Crippen LogP contribution in [0.15, 0.2) is 54.6 Å². The Morgan fingerprint density at radius 3 is 1.80 bits per heavy atom. The van der Waals surface area contributed by atoms with Gasteiger partial charge in [0.2, 0.25) is 0 Å². The fourth-order valence-electron chi connectivity index (χ4n) is 1.20. The highest BCUT2D eigenvalue weighted by atomic mass is 35.5. The summed E-state index contributed by atoms with van der Waals surface area (Å²) in [5.74, 6) is 6.17. The molecule has 0 fully saturated rings. The molecule has 0 aliphatic rings. The molecule has 72 valence electrons. The lowest BCUT2D eigenvalue weighted by Crippen LogP contribution is -1.74. The predicted molar refractivity (Wildman–Crippen MR) is 63.9 cm³/mol. The molecule has 2 aromatic rings. The third-order valence-corrected chi connectivity index (χ3v) is 2.22. The Labute approximate surface area is 94.5 Å². The average Bonchev–Trinajstić information content (AvgIpc) is 2.30. The fraction of sp³-hybridized carbons (Fsp3) is 0. The Morgan fingerprint density at radius 1 is 0.667 bits per heavy atom. The first-order valence-corrected chi connectivity index (χ1v) is 5.05. The summed E-state index contributed by atoms with van der Waals surface area (Å²) < 4.78 is 0. The first kappa shape index (κ1) is 9.83. The molecule has 1 heteroatoms. The van der Waals surface area contributed by atoms with Gasteiger partial charge in [0.05, 0.1) is 0 Å². The predicted octanol–water partition coefficient (Wildman–Crippen LogP) is 3.74. The van der Waals surface area contributed by atoms with Crippen LogP contribution in [0.1, 0.15) is 11.1 Å². The Morgan fingerprint density at radius 2 is 1.20 bits per heavy atom. The third-order valence-electron chi connectivity index (χ3n) is 1.97. The van der Waals surface area contributed by atoms with Crippen molar-refractivity contribution in [3.05, 3.63) is 70.7 Å². The van der Waals surface area contributed by atoms with Crippen LogP contribution in [-0.2, 0) is 0 Å². The van der Waals surface area contributed by atoms with Crippen molar-refractivity contribution in [3.8, 4) is 11.8 Å². The van der Waals surface area contributed by atoms with Gasteiger partial charge in [-0.25, -0.2) is 0 Å². The second-order valence-electron chi connectivity index (χ2n) is 3.12. The van der Waals surface area contributed by atoms with Crippen molar-refractivity contribution in [1.29, 1.82) is 0 Å². The molecule has 0 aromatic heterocycles. The van der Waals surface area contributed by atoms with Crippen molar-refractivity contribution in [2.75, 3.05) is 0 Å². The fourth-order valence-corrected chi connectivity index (χ4v) is 1.33. The summed E-state index contributed by atoms with van der Waals surface area (Å²) in [5, 5.41) is 0.736. The molecule has 0 aliphatic carbocycles. The molecule has 15 heavy (non-hydrogen) atoms. The van der Waals surface area contributed by atoms with Gasteiger partial charge in [0.25, 0.3) is 0 Å². The minimum Gasteiger partial charge on any atom is -0.0843 e. The molecule has 0 N–H and O–H groups in total. The van der Waals surface area contributed by atoms with E-state index in [9.17, 15) is 0 Å². The molecular formula is C14H9Cl. The molecule has 0 saturated carbocycles. The largest absolute Gasteiger partial charge is 0.0843 e. The maximum absolute atomic E-state index is 5.78. The lowest BCUT2D eigenvalue weighted by molar-refractivity contribution is 1.62. The van der Waals surface area contributed by atoms with Gasteiger partial charge < -0.3 is 0 Å². The van der Waals surface area contributed by atoms with E-state index in [-0.39, 0.29) is 0 Å². The molecule has 0 spiro atoms. The standard InChI is InChI=1S/C14H9Cl/c15-14-10-8-13(9-11-14)7-6-12-4-2-1-3-5-12/h1-5,8-11H/i7+1. The first-order valence-electron chi connectivity index (χ1n) is 4.67. The summed E-state index contributed by atoms with van der Waals surface area (Å²) in [6.07, 6.45) is 0. The van der Waals surface area contributed by atoms with Crippen molar-refractivity contribution in [2.45, 2.75) is 0 Å². The second kappa shape index (κ2) is 4.68. The molecule has 2 rings (SSSR count). The van der Waals surface area contributed by atoms with Gasteiger partial charge in [-0.3, -0.25) is 0 Å². The van der Waals surface area contributed by atoms with Crippen LogP contribution < -0.4 is 0 Å². The van der Waals surface area contributed by atoms with Crippen molar-refractivity contribution in [2.24, 2.45) is 0 Å². The van der Waals surface area contributed by atoms with Gasteiger partial charge >= 0.3 is 0 Å². The SMILES string of the molecule is Clc1ccc([13C]#Cc2ccccc2)cc1. The van der Waals surface area contributed by atoms with E-state index in [0.29, 0.717) is 0 Å². The van der Waals surface area contributed by atoms with Gasteiger partial charge in [0.15, 0.2) is 0 Å². The average molecular weight is 214 g/mol. The summed E-state index contributed by atoms with van der Waals surface area (Å²) in [6.45, 7) is 0. The van der Waals surface area contributed by atoms with E-state index in [1.165, 1.54) is 0 Å². The Kier molecular flexibility index (Phi) is 3.07. The quantitative estimate of drug-likeness (QED) is 0.462. The summed E-state index contributed by atoms with van der Waals surface area (Å²) in [4.78, 5) is 0. The highest BCUT2D eigenvalue weighted by molar-refractivity contribution is 6.30. The van der Waals surface area contributed by atoms with Crippen molar-refractivity contribution >= 4 is 11.6 Å². The minimum absolute atomic E-state index is 0.736. The molecule has 0 unspecified atom stereocenters. The van der Waals surface area contributed by atoms with Crippen LogP contribution in [0, 0.1) is 11.8 Å². The number of rotatable bonds is 0. The zero-order chi connectivity index (χ0) is 10.5. The Balaban J connectivity index is 2.22. The van der Waals surface area contributed by atoms with Crippen molar-refractivity contribution < 1.29 is 0 Å². The second-order valence-corrected chi connectivity index (χ2v) is 3.56. The molecular weight excluding hydrogens is 205 g/mol. The van der Waals surface area contributed by atoms with Crippen LogP contribution in [0.2, 0.25) is 5.02 Å². The Bertz CT molecular complexity index is 486. The molecule has 0 heterocycles. The topological polar surface area (TPSA) is 0 Å². The summed E-state index contributed by atoms with van der Waals surface area (Å²) >= 11 is 5.78. The van der Waals surface area contributed by atoms with E-state index in [1.807, 2.05) is 54.6 Å². The molecule has 0 radical (unpaired) electrons. The zero-order valence-corrected chi connectivity index (χ0v) is 8.83. The zero-order valence-electron chi connectivity index (χ0n) is 8.07. The molecule has 0 atom stereocenters. The first-order chi connectivity index (χ1) is 7.34. The molecule has 0 amide bonds. The van der Waals surface area contributed by atoms with Crippen LogP contribution in [0.5, 0.6) is 0 Å². The highest BCUT2D eigenvalue weighted by Crippen LogP contribution is 2.08.